The van der Waals surface area contributed by atoms with E-state index in [1.54, 1.807) is 32.0 Å². The van der Waals surface area contributed by atoms with Gasteiger partial charge >= 0.3 is 6.09 Å². The van der Waals surface area contributed by atoms with Crippen LogP contribution < -0.4 is 10.8 Å². The van der Waals surface area contributed by atoms with Gasteiger partial charge in [-0.15, -0.1) is 0 Å². The van der Waals surface area contributed by atoms with E-state index in [0.717, 1.165) is 16.8 Å². The van der Waals surface area contributed by atoms with Crippen LogP contribution in [-0.4, -0.2) is 22.3 Å². The number of rotatable bonds is 6. The average molecular weight is 499 g/mol. The highest BCUT2D eigenvalue weighted by atomic mass is 79.9. The number of benzene rings is 3. The standard InChI is InChI=1S/C24H23BrN2O5/c1-24(2,13-12-21(29)27-31)22(18-14-16(25)10-11-20(18)28)32-23(30)26-19-9-5-7-15-6-3-4-8-17(15)19/h3-14,22,28,31H,1-2H3,(H,26,30)(H,27,29)/b13-12+/t22-/m0/s1. The van der Waals surface area contributed by atoms with Gasteiger partial charge in [-0.25, -0.2) is 10.3 Å². The van der Waals surface area contributed by atoms with Gasteiger partial charge in [-0.2, -0.15) is 0 Å². The van der Waals surface area contributed by atoms with Crippen molar-refractivity contribution in [2.75, 3.05) is 5.32 Å². The Kier molecular flexibility index (Phi) is 7.17. The van der Waals surface area contributed by atoms with Crippen LogP contribution in [0.3, 0.4) is 0 Å². The molecule has 0 heterocycles. The van der Waals surface area contributed by atoms with Gasteiger partial charge in [0.05, 0.1) is 5.69 Å². The van der Waals surface area contributed by atoms with Crippen molar-refractivity contribution >= 4 is 44.4 Å². The van der Waals surface area contributed by atoms with Crippen LogP contribution in [0.15, 0.2) is 77.3 Å². The number of halogens is 1. The first kappa shape index (κ1) is 23.3. The molecule has 32 heavy (non-hydrogen) atoms. The number of anilines is 1. The highest BCUT2D eigenvalue weighted by molar-refractivity contribution is 9.10. The summed E-state index contributed by atoms with van der Waals surface area (Å²) in [4.78, 5) is 24.4. The number of phenolic OH excluding ortho intramolecular Hbond substituents is 1. The number of ether oxygens (including phenoxy) is 1. The molecule has 0 aromatic heterocycles. The highest BCUT2D eigenvalue weighted by Gasteiger charge is 2.34. The van der Waals surface area contributed by atoms with E-state index in [0.29, 0.717) is 15.7 Å². The van der Waals surface area contributed by atoms with E-state index in [1.165, 1.54) is 17.6 Å². The second-order valence-corrected chi connectivity index (χ2v) is 8.69. The smallest absolute Gasteiger partial charge is 0.412 e. The Bertz CT molecular complexity index is 1170. The molecule has 0 aliphatic rings. The van der Waals surface area contributed by atoms with Crippen molar-refractivity contribution in [3.63, 3.8) is 0 Å². The molecule has 3 aromatic carbocycles. The molecule has 0 spiro atoms. The van der Waals surface area contributed by atoms with E-state index in [-0.39, 0.29) is 5.75 Å². The fourth-order valence-corrected chi connectivity index (χ4v) is 3.73. The minimum absolute atomic E-state index is 0.0655. The molecule has 0 radical (unpaired) electrons. The van der Waals surface area contributed by atoms with Gasteiger partial charge in [-0.3, -0.25) is 15.3 Å². The minimum Gasteiger partial charge on any atom is -0.508 e. The first-order chi connectivity index (χ1) is 15.2. The van der Waals surface area contributed by atoms with Crippen molar-refractivity contribution in [1.82, 2.24) is 5.48 Å². The molecule has 1 atom stereocenters. The Labute approximate surface area is 193 Å². The van der Waals surface area contributed by atoms with Gasteiger partial charge in [0.25, 0.3) is 5.91 Å². The summed E-state index contributed by atoms with van der Waals surface area (Å²) in [7, 11) is 0. The summed E-state index contributed by atoms with van der Waals surface area (Å²) >= 11 is 3.37. The van der Waals surface area contributed by atoms with Crippen LogP contribution in [0.4, 0.5) is 10.5 Å². The number of hydroxylamine groups is 1. The summed E-state index contributed by atoms with van der Waals surface area (Å²) < 4.78 is 6.46. The molecule has 2 amide bonds. The van der Waals surface area contributed by atoms with Crippen molar-refractivity contribution in [1.29, 1.82) is 0 Å². The molecule has 0 aliphatic carbocycles. The maximum absolute atomic E-state index is 12.9. The van der Waals surface area contributed by atoms with Crippen molar-refractivity contribution in [3.8, 4) is 5.75 Å². The summed E-state index contributed by atoms with van der Waals surface area (Å²) in [6.07, 6.45) is 0.944. The average Bonchev–Trinajstić information content (AvgIpc) is 2.78. The van der Waals surface area contributed by atoms with Crippen molar-refractivity contribution in [3.05, 3.63) is 82.9 Å². The number of fused-ring (bicyclic) bond motifs is 1. The minimum atomic E-state index is -0.960. The molecule has 0 saturated heterocycles. The molecular weight excluding hydrogens is 476 g/mol. The van der Waals surface area contributed by atoms with Crippen molar-refractivity contribution < 1.29 is 24.6 Å². The lowest BCUT2D eigenvalue weighted by molar-refractivity contribution is -0.124. The van der Waals surface area contributed by atoms with Gasteiger partial charge in [0.1, 0.15) is 11.9 Å². The summed E-state index contributed by atoms with van der Waals surface area (Å²) in [5.41, 5.74) is 1.53. The van der Waals surface area contributed by atoms with Crippen LogP contribution in [0.5, 0.6) is 5.75 Å². The Hall–Kier alpha value is -3.36. The Balaban J connectivity index is 1.94. The van der Waals surface area contributed by atoms with E-state index in [2.05, 4.69) is 21.2 Å². The molecular formula is C24H23BrN2O5. The predicted molar refractivity (Wildman–Crippen MR) is 125 cm³/mol. The van der Waals surface area contributed by atoms with Gasteiger partial charge < -0.3 is 9.84 Å². The number of carbonyl (C=O) groups excluding carboxylic acids is 2. The number of hydrogen-bond donors (Lipinski definition) is 4. The van der Waals surface area contributed by atoms with Crippen LogP contribution in [0.25, 0.3) is 10.8 Å². The molecule has 0 saturated carbocycles. The highest BCUT2D eigenvalue weighted by Crippen LogP contribution is 2.42. The zero-order valence-corrected chi connectivity index (χ0v) is 19.1. The maximum Gasteiger partial charge on any atom is 0.412 e. The lowest BCUT2D eigenvalue weighted by atomic mass is 9.81. The van der Waals surface area contributed by atoms with E-state index >= 15 is 0 Å². The Morgan fingerprint density at radius 1 is 1.09 bits per heavy atom. The molecule has 0 unspecified atom stereocenters. The molecule has 8 heteroatoms. The Morgan fingerprint density at radius 3 is 2.56 bits per heavy atom. The quantitative estimate of drug-likeness (QED) is 0.198. The van der Waals surface area contributed by atoms with Crippen LogP contribution >= 0.6 is 15.9 Å². The van der Waals surface area contributed by atoms with Gasteiger partial charge in [0.15, 0.2) is 0 Å². The maximum atomic E-state index is 12.9. The largest absolute Gasteiger partial charge is 0.508 e. The van der Waals surface area contributed by atoms with Crippen LogP contribution in [0, 0.1) is 5.41 Å². The molecule has 3 aromatic rings. The van der Waals surface area contributed by atoms with E-state index in [4.69, 9.17) is 9.94 Å². The molecule has 0 fully saturated rings. The first-order valence-corrected chi connectivity index (χ1v) is 10.6. The lowest BCUT2D eigenvalue weighted by Crippen LogP contribution is -2.28. The van der Waals surface area contributed by atoms with E-state index < -0.39 is 23.5 Å². The summed E-state index contributed by atoms with van der Waals surface area (Å²) in [6.45, 7) is 3.48. The molecule has 4 N–H and O–H groups in total. The third kappa shape index (κ3) is 5.46. The van der Waals surface area contributed by atoms with Gasteiger partial charge in [-0.05, 0) is 29.7 Å². The normalized spacial score (nSPS) is 12.5. The Morgan fingerprint density at radius 2 is 1.81 bits per heavy atom. The lowest BCUT2D eigenvalue weighted by Gasteiger charge is -2.32. The molecule has 7 nitrogen and oxygen atoms in total. The zero-order chi connectivity index (χ0) is 23.3. The molecule has 0 bridgehead atoms. The van der Waals surface area contributed by atoms with Crippen LogP contribution in [0.2, 0.25) is 0 Å². The van der Waals surface area contributed by atoms with Crippen molar-refractivity contribution in [2.45, 2.75) is 20.0 Å². The van der Waals surface area contributed by atoms with Gasteiger partial charge in [0, 0.05) is 26.9 Å². The SMILES string of the molecule is CC(C)(/C=C/C(=O)NO)[C@@H](OC(=O)Nc1cccc2ccccc12)c1cc(Br)ccc1O. The summed E-state index contributed by atoms with van der Waals surface area (Å²) in [5.74, 6) is -0.792. The fraction of sp³-hybridized carbons (Fsp3) is 0.167. The predicted octanol–water partition coefficient (Wildman–Crippen LogP) is 5.69. The number of carbonyl (C=O) groups is 2. The van der Waals surface area contributed by atoms with E-state index in [9.17, 15) is 14.7 Å². The molecule has 3 rings (SSSR count). The van der Waals surface area contributed by atoms with Crippen LogP contribution in [-0.2, 0) is 9.53 Å². The number of hydrogen-bond acceptors (Lipinski definition) is 5. The summed E-state index contributed by atoms with van der Waals surface area (Å²) in [5, 5.41) is 23.8. The molecule has 166 valence electrons. The summed E-state index contributed by atoms with van der Waals surface area (Å²) in [6, 6.07) is 17.9. The number of nitrogens with one attached hydrogen (secondary N) is 2. The van der Waals surface area contributed by atoms with E-state index in [1.807, 2.05) is 36.4 Å². The third-order valence-corrected chi connectivity index (χ3v) is 5.47. The van der Waals surface area contributed by atoms with Gasteiger partial charge in [0.2, 0.25) is 0 Å². The monoisotopic (exact) mass is 498 g/mol. The zero-order valence-electron chi connectivity index (χ0n) is 17.5. The first-order valence-electron chi connectivity index (χ1n) is 9.78. The fourth-order valence-electron chi connectivity index (χ4n) is 3.35. The molecule has 0 aliphatic heterocycles. The second kappa shape index (κ2) is 9.84. The second-order valence-electron chi connectivity index (χ2n) is 7.77. The number of aromatic hydroxyl groups is 1. The number of amides is 2. The number of phenols is 1. The topological polar surface area (TPSA) is 108 Å². The van der Waals surface area contributed by atoms with Crippen molar-refractivity contribution in [2.24, 2.45) is 5.41 Å². The van der Waals surface area contributed by atoms with Crippen LogP contribution in [0.1, 0.15) is 25.5 Å². The third-order valence-electron chi connectivity index (χ3n) is 4.97. The van der Waals surface area contributed by atoms with Gasteiger partial charge in [-0.1, -0.05) is 72.3 Å².